The van der Waals surface area contributed by atoms with Gasteiger partial charge in [0.05, 0.1) is 23.9 Å². The summed E-state index contributed by atoms with van der Waals surface area (Å²) in [7, 11) is 0. The lowest BCUT2D eigenvalue weighted by Crippen LogP contribution is -2.51. The summed E-state index contributed by atoms with van der Waals surface area (Å²) in [4.78, 5) is 47.1. The van der Waals surface area contributed by atoms with Crippen molar-refractivity contribution in [3.63, 3.8) is 0 Å². The van der Waals surface area contributed by atoms with E-state index in [2.05, 4.69) is 10.2 Å². The number of urea groups is 1. The van der Waals surface area contributed by atoms with Crippen LogP contribution in [-0.2, 0) is 9.59 Å². The maximum Gasteiger partial charge on any atom is 0.322 e. The molecule has 4 amide bonds. The fraction of sp³-hybridized carbons (Fsp3) is 0.577. The van der Waals surface area contributed by atoms with Gasteiger partial charge in [0, 0.05) is 61.8 Å². The van der Waals surface area contributed by atoms with E-state index in [1.807, 2.05) is 11.8 Å². The molecule has 1 aromatic carbocycles. The van der Waals surface area contributed by atoms with Crippen LogP contribution in [0.5, 0.6) is 0 Å². The van der Waals surface area contributed by atoms with E-state index in [1.165, 1.54) is 25.7 Å². The summed E-state index contributed by atoms with van der Waals surface area (Å²) >= 11 is 12.5. The van der Waals surface area contributed by atoms with Gasteiger partial charge in [-0.2, -0.15) is 0 Å². The van der Waals surface area contributed by atoms with E-state index >= 15 is 0 Å². The molecule has 194 valence electrons. The Labute approximate surface area is 222 Å². The topological polar surface area (TPSA) is 76.2 Å². The molecule has 1 N–H and O–H groups in total. The highest BCUT2D eigenvalue weighted by Gasteiger charge is 2.44. The molecule has 0 unspecified atom stereocenters. The van der Waals surface area contributed by atoms with Gasteiger partial charge >= 0.3 is 6.03 Å². The number of carbonyl (C=O) groups is 3. The first kappa shape index (κ1) is 25.4. The molecule has 4 aliphatic rings. The molecule has 0 bridgehead atoms. The van der Waals surface area contributed by atoms with E-state index in [-0.39, 0.29) is 24.3 Å². The predicted molar refractivity (Wildman–Crippen MR) is 139 cm³/mol. The Morgan fingerprint density at radius 3 is 2.47 bits per heavy atom. The highest BCUT2D eigenvalue weighted by atomic mass is 35.5. The number of halogens is 2. The number of likely N-dealkylation sites (N-methyl/N-ethyl adjacent to an activating group) is 1. The van der Waals surface area contributed by atoms with E-state index in [9.17, 15) is 14.4 Å². The van der Waals surface area contributed by atoms with Crippen LogP contribution >= 0.6 is 23.2 Å². The van der Waals surface area contributed by atoms with E-state index in [0.717, 1.165) is 26.2 Å². The Hall–Kier alpha value is -2.29. The van der Waals surface area contributed by atoms with Crippen LogP contribution in [0.1, 0.15) is 50.6 Å². The molecule has 0 spiro atoms. The van der Waals surface area contributed by atoms with Crippen molar-refractivity contribution < 1.29 is 14.4 Å². The lowest BCUT2D eigenvalue weighted by atomic mass is 9.95. The molecule has 1 atom stereocenters. The van der Waals surface area contributed by atoms with E-state index in [0.29, 0.717) is 52.6 Å². The van der Waals surface area contributed by atoms with E-state index < -0.39 is 6.04 Å². The molecular formula is C26H33Cl2N5O3. The quantitative estimate of drug-likeness (QED) is 0.605. The van der Waals surface area contributed by atoms with Crippen LogP contribution in [0.3, 0.4) is 0 Å². The average Bonchev–Trinajstić information content (AvgIpc) is 3.51. The molecule has 36 heavy (non-hydrogen) atoms. The van der Waals surface area contributed by atoms with Crippen LogP contribution in [0.4, 0.5) is 4.79 Å². The Kier molecular flexibility index (Phi) is 7.47. The van der Waals surface area contributed by atoms with Crippen molar-refractivity contribution in [2.75, 3.05) is 45.8 Å². The molecule has 0 radical (unpaired) electrons. The average molecular weight is 534 g/mol. The van der Waals surface area contributed by atoms with Gasteiger partial charge in [-0.15, -0.1) is 0 Å². The van der Waals surface area contributed by atoms with Crippen molar-refractivity contribution in [2.24, 2.45) is 0 Å². The molecule has 1 saturated heterocycles. The van der Waals surface area contributed by atoms with Crippen molar-refractivity contribution in [1.82, 2.24) is 24.9 Å². The number of carbonyl (C=O) groups excluding carboxylic acids is 3. The summed E-state index contributed by atoms with van der Waals surface area (Å²) in [5.41, 5.74) is 1.82. The number of piperazine rings is 1. The standard InChI is InChI=1S/C26H33Cl2N5O3/c1-2-33-21-16-32(10-9-22(34)31-13-11-30(12-14-31)18-5-3-4-6-18)25(35)23(21)24(29-26(33)36)19-8-7-17(27)15-20(19)28/h7-8,15,18,24H,2-6,9-14,16H2,1H3,(H,29,36)/t24-/m0/s1. The summed E-state index contributed by atoms with van der Waals surface area (Å²) in [6.07, 6.45) is 5.45. The Balaban J connectivity index is 1.24. The fourth-order valence-corrected chi connectivity index (χ4v) is 6.54. The third-order valence-corrected chi connectivity index (χ3v) is 8.55. The second-order valence-electron chi connectivity index (χ2n) is 9.98. The number of hydrogen-bond acceptors (Lipinski definition) is 4. The molecule has 0 aromatic heterocycles. The second kappa shape index (κ2) is 10.6. The summed E-state index contributed by atoms with van der Waals surface area (Å²) in [6.45, 7) is 6.29. The summed E-state index contributed by atoms with van der Waals surface area (Å²) in [5.74, 6) is -0.0871. The molecule has 3 aliphatic heterocycles. The van der Waals surface area contributed by atoms with Gasteiger partial charge in [0.15, 0.2) is 0 Å². The van der Waals surface area contributed by atoms with Crippen molar-refractivity contribution >= 4 is 41.0 Å². The zero-order valence-electron chi connectivity index (χ0n) is 20.6. The van der Waals surface area contributed by atoms with Crippen LogP contribution in [0.25, 0.3) is 0 Å². The lowest BCUT2D eigenvalue weighted by molar-refractivity contribution is -0.134. The number of amides is 4. The SMILES string of the molecule is CCN1C(=O)N[C@@H](c2ccc(Cl)cc2Cl)C2=C1CN(CCC(=O)N1CCN(C3CCCC3)CC1)C2=O. The third-order valence-electron chi connectivity index (χ3n) is 7.99. The highest BCUT2D eigenvalue weighted by molar-refractivity contribution is 6.35. The molecule has 3 heterocycles. The first-order chi connectivity index (χ1) is 17.4. The van der Waals surface area contributed by atoms with Crippen LogP contribution < -0.4 is 5.32 Å². The van der Waals surface area contributed by atoms with Crippen molar-refractivity contribution in [3.8, 4) is 0 Å². The molecule has 2 fully saturated rings. The lowest BCUT2D eigenvalue weighted by Gasteiger charge is -2.38. The molecule has 8 nitrogen and oxygen atoms in total. The van der Waals surface area contributed by atoms with Crippen LogP contribution in [0.2, 0.25) is 10.0 Å². The number of hydrogen-bond donors (Lipinski definition) is 1. The maximum absolute atomic E-state index is 13.5. The minimum absolute atomic E-state index is 0.0811. The molecule has 10 heteroatoms. The van der Waals surface area contributed by atoms with E-state index in [1.54, 1.807) is 28.0 Å². The maximum atomic E-state index is 13.5. The first-order valence-corrected chi connectivity index (χ1v) is 13.7. The zero-order chi connectivity index (χ0) is 25.4. The predicted octanol–water partition coefficient (Wildman–Crippen LogP) is 3.65. The minimum atomic E-state index is -0.656. The number of benzene rings is 1. The second-order valence-corrected chi connectivity index (χ2v) is 10.8. The normalized spacial score (nSPS) is 23.5. The third kappa shape index (κ3) is 4.83. The number of rotatable bonds is 6. The molecular weight excluding hydrogens is 501 g/mol. The monoisotopic (exact) mass is 533 g/mol. The van der Waals surface area contributed by atoms with Gasteiger partial charge in [0.1, 0.15) is 0 Å². The van der Waals surface area contributed by atoms with E-state index in [4.69, 9.17) is 23.2 Å². The van der Waals surface area contributed by atoms with Crippen LogP contribution in [0.15, 0.2) is 29.5 Å². The highest BCUT2D eigenvalue weighted by Crippen LogP contribution is 2.39. The Bertz CT molecular complexity index is 1080. The van der Waals surface area contributed by atoms with Gasteiger partial charge in [0.25, 0.3) is 5.91 Å². The van der Waals surface area contributed by atoms with Gasteiger partial charge in [-0.3, -0.25) is 19.4 Å². The van der Waals surface area contributed by atoms with Crippen molar-refractivity contribution in [2.45, 2.75) is 51.1 Å². The Morgan fingerprint density at radius 2 is 1.81 bits per heavy atom. The largest absolute Gasteiger partial charge is 0.340 e. The molecule has 1 aliphatic carbocycles. The first-order valence-electron chi connectivity index (χ1n) is 12.9. The number of nitrogens with one attached hydrogen (secondary N) is 1. The summed E-state index contributed by atoms with van der Waals surface area (Å²) in [5, 5.41) is 3.81. The molecule has 1 saturated carbocycles. The van der Waals surface area contributed by atoms with Crippen molar-refractivity contribution in [3.05, 3.63) is 45.1 Å². The van der Waals surface area contributed by atoms with Crippen molar-refractivity contribution in [1.29, 1.82) is 0 Å². The minimum Gasteiger partial charge on any atom is -0.340 e. The van der Waals surface area contributed by atoms with Crippen LogP contribution in [0, 0.1) is 0 Å². The fourth-order valence-electron chi connectivity index (χ4n) is 6.03. The molecule has 5 rings (SSSR count). The van der Waals surface area contributed by atoms with Gasteiger partial charge in [-0.05, 0) is 37.5 Å². The summed E-state index contributed by atoms with van der Waals surface area (Å²) < 4.78 is 0. The zero-order valence-corrected chi connectivity index (χ0v) is 22.2. The Morgan fingerprint density at radius 1 is 1.08 bits per heavy atom. The molecule has 1 aromatic rings. The van der Waals surface area contributed by atoms with Gasteiger partial charge in [0.2, 0.25) is 5.91 Å². The number of nitrogens with zero attached hydrogens (tertiary/aromatic N) is 4. The summed E-state index contributed by atoms with van der Waals surface area (Å²) in [6, 6.07) is 4.81. The van der Waals surface area contributed by atoms with Crippen LogP contribution in [-0.4, -0.2) is 89.3 Å². The van der Waals surface area contributed by atoms with Gasteiger partial charge in [-0.25, -0.2) is 4.79 Å². The smallest absolute Gasteiger partial charge is 0.322 e. The van der Waals surface area contributed by atoms with Gasteiger partial charge in [-0.1, -0.05) is 42.1 Å². The van der Waals surface area contributed by atoms with Gasteiger partial charge < -0.3 is 15.1 Å².